The number of pyridine rings is 1. The summed E-state index contributed by atoms with van der Waals surface area (Å²) < 4.78 is 12.4. The summed E-state index contributed by atoms with van der Waals surface area (Å²) in [7, 11) is 0. The molecular weight excluding hydrogens is 159 g/mol. The summed E-state index contributed by atoms with van der Waals surface area (Å²) in [6, 6.07) is 2.99. The predicted molar refractivity (Wildman–Crippen MR) is 42.7 cm³/mol. The Morgan fingerprint density at radius 1 is 1.67 bits per heavy atom. The molecule has 12 heavy (non-hydrogen) atoms. The van der Waals surface area contributed by atoms with E-state index in [9.17, 15) is 4.39 Å². The first kappa shape index (κ1) is 9.09. The SMILES string of the molecule is CC(CON)c1ccc(F)nc1. The highest BCUT2D eigenvalue weighted by Gasteiger charge is 2.05. The third-order valence-corrected chi connectivity index (χ3v) is 1.67. The monoisotopic (exact) mass is 170 g/mol. The molecule has 0 radical (unpaired) electrons. The molecular formula is C8H11FN2O. The second kappa shape index (κ2) is 4.13. The van der Waals surface area contributed by atoms with Gasteiger partial charge in [-0.2, -0.15) is 4.39 Å². The predicted octanol–water partition coefficient (Wildman–Crippen LogP) is 1.21. The zero-order chi connectivity index (χ0) is 8.97. The quantitative estimate of drug-likeness (QED) is 0.548. The number of aromatic nitrogens is 1. The van der Waals surface area contributed by atoms with Crippen LogP contribution >= 0.6 is 0 Å². The number of nitrogens with two attached hydrogens (primary N) is 1. The van der Waals surface area contributed by atoms with Crippen LogP contribution in [0.1, 0.15) is 18.4 Å². The average molecular weight is 170 g/mol. The number of halogens is 1. The zero-order valence-electron chi connectivity index (χ0n) is 6.83. The minimum Gasteiger partial charge on any atom is -0.304 e. The molecule has 3 nitrogen and oxygen atoms in total. The van der Waals surface area contributed by atoms with E-state index in [0.717, 1.165) is 5.56 Å². The van der Waals surface area contributed by atoms with Crippen molar-refractivity contribution in [3.63, 3.8) is 0 Å². The van der Waals surface area contributed by atoms with E-state index in [1.807, 2.05) is 6.92 Å². The minimum atomic E-state index is -0.473. The largest absolute Gasteiger partial charge is 0.304 e. The van der Waals surface area contributed by atoms with E-state index in [2.05, 4.69) is 9.82 Å². The summed E-state index contributed by atoms with van der Waals surface area (Å²) in [4.78, 5) is 7.99. The van der Waals surface area contributed by atoms with E-state index < -0.39 is 5.95 Å². The van der Waals surface area contributed by atoms with Gasteiger partial charge in [0.15, 0.2) is 0 Å². The Kier molecular flexibility index (Phi) is 3.13. The van der Waals surface area contributed by atoms with Crippen LogP contribution in [0.25, 0.3) is 0 Å². The summed E-state index contributed by atoms with van der Waals surface area (Å²) >= 11 is 0. The molecule has 1 aromatic heterocycles. The lowest BCUT2D eigenvalue weighted by Crippen LogP contribution is -2.08. The highest BCUT2D eigenvalue weighted by atomic mass is 19.1. The van der Waals surface area contributed by atoms with Gasteiger partial charge in [0.05, 0.1) is 6.61 Å². The summed E-state index contributed by atoms with van der Waals surface area (Å²) in [5.74, 6) is 4.57. The first-order valence-corrected chi connectivity index (χ1v) is 3.67. The van der Waals surface area contributed by atoms with Gasteiger partial charge < -0.3 is 4.84 Å². The highest BCUT2D eigenvalue weighted by Crippen LogP contribution is 2.13. The molecule has 1 aromatic rings. The lowest BCUT2D eigenvalue weighted by Gasteiger charge is -2.08. The molecule has 1 rings (SSSR count). The maximum absolute atomic E-state index is 12.4. The molecule has 1 unspecified atom stereocenters. The standard InChI is InChI=1S/C8H11FN2O/c1-6(5-12-10)7-2-3-8(9)11-4-7/h2-4,6H,5,10H2,1H3. The smallest absolute Gasteiger partial charge is 0.212 e. The third kappa shape index (κ3) is 2.25. The lowest BCUT2D eigenvalue weighted by molar-refractivity contribution is 0.126. The molecule has 0 aliphatic rings. The molecule has 0 aromatic carbocycles. The van der Waals surface area contributed by atoms with Gasteiger partial charge in [0.25, 0.3) is 0 Å². The van der Waals surface area contributed by atoms with Crippen molar-refractivity contribution in [3.05, 3.63) is 29.8 Å². The molecule has 0 bridgehead atoms. The van der Waals surface area contributed by atoms with Crippen LogP contribution < -0.4 is 5.90 Å². The molecule has 0 saturated heterocycles. The number of nitrogens with zero attached hydrogens (tertiary/aromatic N) is 1. The van der Waals surface area contributed by atoms with Crippen molar-refractivity contribution in [1.29, 1.82) is 0 Å². The van der Waals surface area contributed by atoms with E-state index in [-0.39, 0.29) is 5.92 Å². The Morgan fingerprint density at radius 3 is 2.92 bits per heavy atom. The van der Waals surface area contributed by atoms with E-state index in [0.29, 0.717) is 6.61 Å². The van der Waals surface area contributed by atoms with Gasteiger partial charge in [0, 0.05) is 12.1 Å². The fourth-order valence-electron chi connectivity index (χ4n) is 0.919. The Labute approximate surface area is 70.3 Å². The maximum atomic E-state index is 12.4. The molecule has 66 valence electrons. The van der Waals surface area contributed by atoms with Gasteiger partial charge in [-0.1, -0.05) is 13.0 Å². The molecule has 0 spiro atoms. The molecule has 4 heteroatoms. The van der Waals surface area contributed by atoms with E-state index >= 15 is 0 Å². The fourth-order valence-corrected chi connectivity index (χ4v) is 0.919. The molecule has 1 heterocycles. The molecule has 2 N–H and O–H groups in total. The Balaban J connectivity index is 2.68. The van der Waals surface area contributed by atoms with Crippen molar-refractivity contribution in [1.82, 2.24) is 4.98 Å². The zero-order valence-corrected chi connectivity index (χ0v) is 6.83. The fraction of sp³-hybridized carbons (Fsp3) is 0.375. The number of hydrogen-bond donors (Lipinski definition) is 1. The summed E-state index contributed by atoms with van der Waals surface area (Å²) in [6.07, 6.45) is 1.49. The van der Waals surface area contributed by atoms with Crippen molar-refractivity contribution in [2.24, 2.45) is 5.90 Å². The van der Waals surface area contributed by atoms with E-state index in [1.54, 1.807) is 6.07 Å². The van der Waals surface area contributed by atoms with Crippen LogP contribution in [0.4, 0.5) is 4.39 Å². The highest BCUT2D eigenvalue weighted by molar-refractivity contribution is 5.14. The Hall–Kier alpha value is -1.00. The van der Waals surface area contributed by atoms with Crippen molar-refractivity contribution in [2.75, 3.05) is 6.61 Å². The summed E-state index contributed by atoms with van der Waals surface area (Å²) in [5.41, 5.74) is 0.918. The average Bonchev–Trinajstić information content (AvgIpc) is 2.06. The minimum absolute atomic E-state index is 0.142. The Morgan fingerprint density at radius 2 is 2.42 bits per heavy atom. The topological polar surface area (TPSA) is 48.1 Å². The molecule has 0 aliphatic heterocycles. The molecule has 0 saturated carbocycles. The summed E-state index contributed by atoms with van der Waals surface area (Å²) in [5, 5.41) is 0. The van der Waals surface area contributed by atoms with Crippen molar-refractivity contribution >= 4 is 0 Å². The number of rotatable bonds is 3. The van der Waals surface area contributed by atoms with Crippen LogP contribution in [0.3, 0.4) is 0 Å². The van der Waals surface area contributed by atoms with Gasteiger partial charge in [-0.3, -0.25) is 0 Å². The van der Waals surface area contributed by atoms with Gasteiger partial charge >= 0.3 is 0 Å². The number of hydrogen-bond acceptors (Lipinski definition) is 3. The normalized spacial score (nSPS) is 12.9. The molecule has 0 aliphatic carbocycles. The second-order valence-electron chi connectivity index (χ2n) is 2.65. The molecule has 0 fully saturated rings. The van der Waals surface area contributed by atoms with Crippen molar-refractivity contribution in [3.8, 4) is 0 Å². The Bertz CT molecular complexity index is 237. The van der Waals surface area contributed by atoms with Gasteiger partial charge in [-0.05, 0) is 11.6 Å². The second-order valence-corrected chi connectivity index (χ2v) is 2.65. The first-order chi connectivity index (χ1) is 5.74. The molecule has 1 atom stereocenters. The van der Waals surface area contributed by atoms with Crippen LogP contribution in [0, 0.1) is 5.95 Å². The van der Waals surface area contributed by atoms with E-state index in [4.69, 9.17) is 5.90 Å². The lowest BCUT2D eigenvalue weighted by atomic mass is 10.1. The first-order valence-electron chi connectivity index (χ1n) is 3.67. The van der Waals surface area contributed by atoms with Crippen LogP contribution in [0.2, 0.25) is 0 Å². The van der Waals surface area contributed by atoms with Crippen LogP contribution in [0.5, 0.6) is 0 Å². The summed E-state index contributed by atoms with van der Waals surface area (Å²) in [6.45, 7) is 2.34. The van der Waals surface area contributed by atoms with Crippen LogP contribution in [0.15, 0.2) is 18.3 Å². The van der Waals surface area contributed by atoms with Gasteiger partial charge in [0.1, 0.15) is 0 Å². The van der Waals surface area contributed by atoms with Gasteiger partial charge in [0.2, 0.25) is 5.95 Å². The van der Waals surface area contributed by atoms with Crippen molar-refractivity contribution in [2.45, 2.75) is 12.8 Å². The van der Waals surface area contributed by atoms with Gasteiger partial charge in [-0.15, -0.1) is 0 Å². The van der Waals surface area contributed by atoms with Gasteiger partial charge in [-0.25, -0.2) is 10.9 Å². The molecule has 0 amide bonds. The third-order valence-electron chi connectivity index (χ3n) is 1.67. The van der Waals surface area contributed by atoms with E-state index in [1.165, 1.54) is 12.3 Å². The maximum Gasteiger partial charge on any atom is 0.212 e. The van der Waals surface area contributed by atoms with Crippen LogP contribution in [-0.2, 0) is 4.84 Å². The van der Waals surface area contributed by atoms with Crippen LogP contribution in [-0.4, -0.2) is 11.6 Å². The van der Waals surface area contributed by atoms with Crippen molar-refractivity contribution < 1.29 is 9.23 Å².